The van der Waals surface area contributed by atoms with Crippen LogP contribution in [0.25, 0.3) is 0 Å². The van der Waals surface area contributed by atoms with Gasteiger partial charge < -0.3 is 9.84 Å². The first-order valence-electron chi connectivity index (χ1n) is 3.88. The van der Waals surface area contributed by atoms with E-state index in [1.807, 2.05) is 5.38 Å². The minimum absolute atomic E-state index is 0.527. The zero-order valence-corrected chi connectivity index (χ0v) is 9.01. The van der Waals surface area contributed by atoms with Crippen LogP contribution >= 0.6 is 22.9 Å². The summed E-state index contributed by atoms with van der Waals surface area (Å²) < 4.78 is 8.93. The van der Waals surface area contributed by atoms with Crippen molar-refractivity contribution < 1.29 is 9.84 Å². The number of ether oxygens (including phenoxy) is 1. The van der Waals surface area contributed by atoms with Crippen LogP contribution < -0.4 is 4.74 Å². The lowest BCUT2D eigenvalue weighted by atomic mass is 10.2. The first-order chi connectivity index (χ1) is 6.81. The summed E-state index contributed by atoms with van der Waals surface area (Å²) in [6.45, 7) is 0. The largest absolute Gasteiger partial charge is 0.480 e. The molecule has 0 aliphatic heterocycles. The average molecular weight is 228 g/mol. The Morgan fingerprint density at radius 1 is 1.57 bits per heavy atom. The van der Waals surface area contributed by atoms with Gasteiger partial charge in [-0.2, -0.15) is 4.37 Å². The zero-order valence-electron chi connectivity index (χ0n) is 7.38. The number of nitrogens with zero attached hydrogens (tertiary/aromatic N) is 2. The van der Waals surface area contributed by atoms with Gasteiger partial charge in [-0.1, -0.05) is 0 Å². The predicted molar refractivity (Wildman–Crippen MR) is 54.8 cm³/mol. The van der Waals surface area contributed by atoms with Crippen LogP contribution in [0.2, 0.25) is 0 Å². The van der Waals surface area contributed by atoms with Gasteiger partial charge in [-0.3, -0.25) is 0 Å². The molecule has 2 aromatic rings. The maximum Gasteiger partial charge on any atom is 0.225 e. The van der Waals surface area contributed by atoms with Crippen LogP contribution in [0.1, 0.15) is 16.7 Å². The number of hydrogen-bond acceptors (Lipinski definition) is 6. The predicted octanol–water partition coefficient (Wildman–Crippen LogP) is 1.69. The molecule has 1 unspecified atom stereocenters. The molecule has 0 aromatic carbocycles. The fraction of sp³-hybridized carbons (Fsp3) is 0.250. The van der Waals surface area contributed by atoms with Gasteiger partial charge >= 0.3 is 0 Å². The average Bonchev–Trinajstić information content (AvgIpc) is 2.88. The lowest BCUT2D eigenvalue weighted by Crippen LogP contribution is -1.96. The van der Waals surface area contributed by atoms with E-state index in [0.717, 1.165) is 4.88 Å². The summed E-state index contributed by atoms with van der Waals surface area (Å²) in [4.78, 5) is 4.78. The van der Waals surface area contributed by atoms with Gasteiger partial charge in [-0.05, 0) is 11.5 Å². The Kier molecular flexibility index (Phi) is 2.76. The molecule has 1 N–H and O–H groups in total. The van der Waals surface area contributed by atoms with Crippen LogP contribution in [0, 0.1) is 0 Å². The molecule has 2 heterocycles. The Morgan fingerprint density at radius 3 is 3.00 bits per heavy atom. The second kappa shape index (κ2) is 4.04. The van der Waals surface area contributed by atoms with Crippen molar-refractivity contribution in [1.82, 2.24) is 9.36 Å². The van der Waals surface area contributed by atoms with Crippen molar-refractivity contribution in [3.05, 3.63) is 27.5 Å². The number of rotatable bonds is 3. The fourth-order valence-corrected chi connectivity index (χ4v) is 2.27. The molecular formula is C8H8N2O2S2. The summed E-state index contributed by atoms with van der Waals surface area (Å²) in [6, 6.07) is 1.72. The fourth-order valence-electron chi connectivity index (χ4n) is 1.000. The summed E-state index contributed by atoms with van der Waals surface area (Å²) in [5.41, 5.74) is 2.35. The highest BCUT2D eigenvalue weighted by atomic mass is 32.1. The molecule has 0 spiro atoms. The summed E-state index contributed by atoms with van der Waals surface area (Å²) in [7, 11) is 1.55. The van der Waals surface area contributed by atoms with E-state index in [9.17, 15) is 5.11 Å². The first-order valence-corrected chi connectivity index (χ1v) is 5.59. The van der Waals surface area contributed by atoms with Crippen molar-refractivity contribution in [1.29, 1.82) is 0 Å². The Bertz CT molecular complexity index is 399. The Balaban J connectivity index is 2.23. The second-order valence-corrected chi connectivity index (χ2v) is 4.14. The molecule has 2 aromatic heterocycles. The monoisotopic (exact) mass is 228 g/mol. The van der Waals surface area contributed by atoms with Gasteiger partial charge in [0.25, 0.3) is 0 Å². The van der Waals surface area contributed by atoms with Gasteiger partial charge in [0.1, 0.15) is 6.10 Å². The molecule has 0 aliphatic rings. The third kappa shape index (κ3) is 1.77. The number of aliphatic hydroxyl groups excluding tert-OH is 1. The van der Waals surface area contributed by atoms with E-state index in [1.165, 1.54) is 22.9 Å². The van der Waals surface area contributed by atoms with Crippen LogP contribution in [0.15, 0.2) is 17.0 Å². The standard InChI is InChI=1S/C8H8N2O2S2/c1-12-7-2-6(14-10-7)8(11)5-3-13-4-9-5/h2-4,8,11H,1H3. The molecule has 0 aliphatic carbocycles. The third-order valence-corrected chi connectivity index (χ3v) is 3.14. The number of hydrogen-bond donors (Lipinski definition) is 1. The van der Waals surface area contributed by atoms with Crippen molar-refractivity contribution in [3.63, 3.8) is 0 Å². The highest BCUT2D eigenvalue weighted by molar-refractivity contribution is 7.07. The molecule has 0 saturated heterocycles. The molecule has 1 atom stereocenters. The number of aliphatic hydroxyl groups is 1. The zero-order chi connectivity index (χ0) is 9.97. The Hall–Kier alpha value is -0.980. The van der Waals surface area contributed by atoms with Crippen molar-refractivity contribution in [2.45, 2.75) is 6.10 Å². The highest BCUT2D eigenvalue weighted by Gasteiger charge is 2.15. The summed E-state index contributed by atoms with van der Waals surface area (Å²) >= 11 is 2.68. The molecule has 2 rings (SSSR count). The number of methoxy groups -OCH3 is 1. The SMILES string of the molecule is COc1cc(C(O)c2cscn2)sn1. The molecule has 0 saturated carbocycles. The van der Waals surface area contributed by atoms with Gasteiger partial charge in [0.2, 0.25) is 5.88 Å². The lowest BCUT2D eigenvalue weighted by Gasteiger charge is -2.02. The first kappa shape index (κ1) is 9.57. The summed E-state index contributed by atoms with van der Waals surface area (Å²) in [5, 5.41) is 11.7. The Labute approximate surface area is 89.0 Å². The van der Waals surface area contributed by atoms with Crippen LogP contribution in [0.3, 0.4) is 0 Å². The van der Waals surface area contributed by atoms with E-state index in [0.29, 0.717) is 11.6 Å². The van der Waals surface area contributed by atoms with Gasteiger partial charge in [0.05, 0.1) is 23.2 Å². The second-order valence-electron chi connectivity index (χ2n) is 2.59. The smallest absolute Gasteiger partial charge is 0.225 e. The maximum atomic E-state index is 9.85. The van der Waals surface area contributed by atoms with Gasteiger partial charge in [0.15, 0.2) is 0 Å². The molecule has 0 radical (unpaired) electrons. The van der Waals surface area contributed by atoms with Crippen LogP contribution in [-0.4, -0.2) is 21.6 Å². The minimum atomic E-state index is -0.692. The molecule has 0 bridgehead atoms. The van der Waals surface area contributed by atoms with E-state index in [-0.39, 0.29) is 0 Å². The molecule has 14 heavy (non-hydrogen) atoms. The minimum Gasteiger partial charge on any atom is -0.480 e. The van der Waals surface area contributed by atoms with Crippen LogP contribution in [0.5, 0.6) is 5.88 Å². The summed E-state index contributed by atoms with van der Waals surface area (Å²) in [6.07, 6.45) is -0.692. The third-order valence-electron chi connectivity index (χ3n) is 1.72. The van der Waals surface area contributed by atoms with Crippen molar-refractivity contribution in [3.8, 4) is 5.88 Å². The lowest BCUT2D eigenvalue weighted by molar-refractivity contribution is 0.219. The van der Waals surface area contributed by atoms with Crippen molar-refractivity contribution in [2.24, 2.45) is 0 Å². The molecule has 0 amide bonds. The Morgan fingerprint density at radius 2 is 2.43 bits per heavy atom. The van der Waals surface area contributed by atoms with Crippen LogP contribution in [-0.2, 0) is 0 Å². The van der Waals surface area contributed by atoms with E-state index in [4.69, 9.17) is 4.74 Å². The molecule has 0 fully saturated rings. The van der Waals surface area contributed by atoms with Crippen LogP contribution in [0.4, 0.5) is 0 Å². The highest BCUT2D eigenvalue weighted by Crippen LogP contribution is 2.27. The van der Waals surface area contributed by atoms with Gasteiger partial charge in [-0.15, -0.1) is 11.3 Å². The quantitative estimate of drug-likeness (QED) is 0.868. The van der Waals surface area contributed by atoms with E-state index >= 15 is 0 Å². The van der Waals surface area contributed by atoms with E-state index in [2.05, 4.69) is 9.36 Å². The number of aromatic nitrogens is 2. The van der Waals surface area contributed by atoms with Gasteiger partial charge in [0, 0.05) is 11.4 Å². The van der Waals surface area contributed by atoms with Crippen molar-refractivity contribution in [2.75, 3.05) is 7.11 Å². The molecule has 74 valence electrons. The molecule has 6 heteroatoms. The molecular weight excluding hydrogens is 220 g/mol. The van der Waals surface area contributed by atoms with E-state index in [1.54, 1.807) is 18.7 Å². The van der Waals surface area contributed by atoms with Gasteiger partial charge in [-0.25, -0.2) is 4.98 Å². The maximum absolute atomic E-state index is 9.85. The topological polar surface area (TPSA) is 55.2 Å². The summed E-state index contributed by atoms with van der Waals surface area (Å²) in [5.74, 6) is 0.527. The van der Waals surface area contributed by atoms with E-state index < -0.39 is 6.10 Å². The molecule has 4 nitrogen and oxygen atoms in total. The normalized spacial score (nSPS) is 12.7. The number of thiazole rings is 1. The van der Waals surface area contributed by atoms with Crippen molar-refractivity contribution >= 4 is 22.9 Å².